The van der Waals surface area contributed by atoms with Crippen molar-refractivity contribution in [3.05, 3.63) is 11.8 Å². The smallest absolute Gasteiger partial charge is 0.370 e. The molecule has 7 heteroatoms. The fourth-order valence-electron chi connectivity index (χ4n) is 1.42. The Labute approximate surface area is 117 Å². The van der Waals surface area contributed by atoms with Crippen molar-refractivity contribution in [3.8, 4) is 0 Å². The SMILES string of the molecule is CCCNc1nc(NCC(C)CC)cc(C(F)(F)F)n1. The number of halogens is 3. The summed E-state index contributed by atoms with van der Waals surface area (Å²) in [5.41, 5.74) is -0.933. The zero-order valence-corrected chi connectivity index (χ0v) is 12.0. The summed E-state index contributed by atoms with van der Waals surface area (Å²) < 4.78 is 38.4. The summed E-state index contributed by atoms with van der Waals surface area (Å²) in [4.78, 5) is 7.56. The number of anilines is 2. The van der Waals surface area contributed by atoms with Gasteiger partial charge >= 0.3 is 6.18 Å². The van der Waals surface area contributed by atoms with Crippen LogP contribution in [0, 0.1) is 5.92 Å². The molecule has 0 aromatic carbocycles. The molecule has 0 fully saturated rings. The molecular weight excluding hydrogens is 269 g/mol. The van der Waals surface area contributed by atoms with Gasteiger partial charge in [0.15, 0.2) is 5.69 Å². The molecular formula is C13H21F3N4. The maximum atomic E-state index is 12.8. The lowest BCUT2D eigenvalue weighted by Gasteiger charge is -2.14. The van der Waals surface area contributed by atoms with Gasteiger partial charge in [-0.25, -0.2) is 4.98 Å². The standard InChI is InChI=1S/C13H21F3N4/c1-4-6-17-12-19-10(13(14,15)16)7-11(20-12)18-8-9(3)5-2/h7,9H,4-6,8H2,1-3H3,(H2,17,18,19,20). The van der Waals surface area contributed by atoms with E-state index in [0.29, 0.717) is 19.0 Å². The van der Waals surface area contributed by atoms with Gasteiger partial charge in [0.05, 0.1) is 0 Å². The van der Waals surface area contributed by atoms with Gasteiger partial charge in [0.2, 0.25) is 5.95 Å². The fraction of sp³-hybridized carbons (Fsp3) is 0.692. The Kier molecular flexibility index (Phi) is 6.04. The third-order valence-electron chi connectivity index (χ3n) is 2.88. The second kappa shape index (κ2) is 7.31. The molecule has 1 heterocycles. The molecule has 0 bridgehead atoms. The molecule has 20 heavy (non-hydrogen) atoms. The van der Waals surface area contributed by atoms with E-state index in [1.165, 1.54) is 0 Å². The number of hydrogen-bond donors (Lipinski definition) is 2. The van der Waals surface area contributed by atoms with Crippen LogP contribution in [-0.4, -0.2) is 23.1 Å². The molecule has 0 aliphatic heterocycles. The minimum Gasteiger partial charge on any atom is -0.370 e. The summed E-state index contributed by atoms with van der Waals surface area (Å²) in [5.74, 6) is 0.575. The van der Waals surface area contributed by atoms with Gasteiger partial charge in [-0.1, -0.05) is 27.2 Å². The van der Waals surface area contributed by atoms with E-state index in [4.69, 9.17) is 0 Å². The van der Waals surface area contributed by atoms with Crippen LogP contribution in [0.15, 0.2) is 6.07 Å². The number of hydrogen-bond acceptors (Lipinski definition) is 4. The predicted molar refractivity (Wildman–Crippen MR) is 73.8 cm³/mol. The molecule has 2 N–H and O–H groups in total. The fourth-order valence-corrected chi connectivity index (χ4v) is 1.42. The van der Waals surface area contributed by atoms with Crippen LogP contribution in [0.5, 0.6) is 0 Å². The molecule has 1 unspecified atom stereocenters. The molecule has 1 rings (SSSR count). The minimum atomic E-state index is -4.47. The lowest BCUT2D eigenvalue weighted by atomic mass is 10.1. The van der Waals surface area contributed by atoms with Crippen LogP contribution in [0.4, 0.5) is 24.9 Å². The van der Waals surface area contributed by atoms with E-state index in [2.05, 4.69) is 20.6 Å². The largest absolute Gasteiger partial charge is 0.433 e. The Morgan fingerprint density at radius 2 is 1.90 bits per heavy atom. The van der Waals surface area contributed by atoms with E-state index >= 15 is 0 Å². The molecule has 0 spiro atoms. The predicted octanol–water partition coefficient (Wildman–Crippen LogP) is 3.78. The number of alkyl halides is 3. The van der Waals surface area contributed by atoms with Gasteiger partial charge in [-0.3, -0.25) is 0 Å². The highest BCUT2D eigenvalue weighted by atomic mass is 19.4. The van der Waals surface area contributed by atoms with Gasteiger partial charge in [-0.05, 0) is 12.3 Å². The van der Waals surface area contributed by atoms with Crippen LogP contribution >= 0.6 is 0 Å². The van der Waals surface area contributed by atoms with E-state index in [-0.39, 0.29) is 11.8 Å². The second-order valence-electron chi connectivity index (χ2n) is 4.78. The lowest BCUT2D eigenvalue weighted by molar-refractivity contribution is -0.141. The average Bonchev–Trinajstić information content (AvgIpc) is 2.41. The van der Waals surface area contributed by atoms with Crippen LogP contribution in [0.2, 0.25) is 0 Å². The van der Waals surface area contributed by atoms with E-state index in [0.717, 1.165) is 18.9 Å². The highest BCUT2D eigenvalue weighted by Crippen LogP contribution is 2.29. The molecule has 1 aromatic rings. The van der Waals surface area contributed by atoms with Crippen LogP contribution < -0.4 is 10.6 Å². The second-order valence-corrected chi connectivity index (χ2v) is 4.78. The van der Waals surface area contributed by atoms with Gasteiger partial charge in [0.25, 0.3) is 0 Å². The number of rotatable bonds is 7. The maximum Gasteiger partial charge on any atom is 0.433 e. The van der Waals surface area contributed by atoms with Crippen LogP contribution in [-0.2, 0) is 6.18 Å². The third kappa shape index (κ3) is 5.22. The summed E-state index contributed by atoms with van der Waals surface area (Å²) in [5, 5.41) is 5.72. The molecule has 0 aliphatic rings. The zero-order chi connectivity index (χ0) is 15.2. The Bertz CT molecular complexity index is 421. The van der Waals surface area contributed by atoms with Crippen LogP contribution in [0.1, 0.15) is 39.3 Å². The summed E-state index contributed by atoms with van der Waals surface area (Å²) in [6.45, 7) is 7.09. The van der Waals surface area contributed by atoms with Crippen molar-refractivity contribution < 1.29 is 13.2 Å². The maximum absolute atomic E-state index is 12.8. The summed E-state index contributed by atoms with van der Waals surface area (Å²) in [6.07, 6.45) is -2.74. The summed E-state index contributed by atoms with van der Waals surface area (Å²) in [6, 6.07) is 0.944. The van der Waals surface area contributed by atoms with Gasteiger partial charge in [0.1, 0.15) is 5.82 Å². The first kappa shape index (κ1) is 16.5. The molecule has 0 saturated carbocycles. The first-order chi connectivity index (χ1) is 9.36. The van der Waals surface area contributed by atoms with Crippen molar-refractivity contribution in [1.82, 2.24) is 9.97 Å². The number of nitrogens with one attached hydrogen (secondary N) is 2. The first-order valence-electron chi connectivity index (χ1n) is 6.80. The van der Waals surface area contributed by atoms with Crippen LogP contribution in [0.3, 0.4) is 0 Å². The van der Waals surface area contributed by atoms with Crippen molar-refractivity contribution in [1.29, 1.82) is 0 Å². The van der Waals surface area contributed by atoms with Gasteiger partial charge in [-0.2, -0.15) is 18.2 Å². The molecule has 1 aromatic heterocycles. The Morgan fingerprint density at radius 3 is 2.45 bits per heavy atom. The molecule has 0 radical (unpaired) electrons. The van der Waals surface area contributed by atoms with E-state index < -0.39 is 11.9 Å². The summed E-state index contributed by atoms with van der Waals surface area (Å²) in [7, 11) is 0. The Morgan fingerprint density at radius 1 is 1.20 bits per heavy atom. The van der Waals surface area contributed by atoms with E-state index in [1.54, 1.807) is 0 Å². The highest BCUT2D eigenvalue weighted by molar-refractivity contribution is 5.43. The van der Waals surface area contributed by atoms with Crippen LogP contribution in [0.25, 0.3) is 0 Å². The van der Waals surface area contributed by atoms with Crippen molar-refractivity contribution in [2.24, 2.45) is 5.92 Å². The molecule has 1 atom stereocenters. The topological polar surface area (TPSA) is 49.8 Å². The Balaban J connectivity index is 2.91. The summed E-state index contributed by atoms with van der Waals surface area (Å²) >= 11 is 0. The quantitative estimate of drug-likeness (QED) is 0.802. The van der Waals surface area contributed by atoms with Crippen molar-refractivity contribution in [3.63, 3.8) is 0 Å². The molecule has 0 saturated heterocycles. The third-order valence-corrected chi connectivity index (χ3v) is 2.88. The van der Waals surface area contributed by atoms with Crippen molar-refractivity contribution in [2.75, 3.05) is 23.7 Å². The number of nitrogens with zero attached hydrogens (tertiary/aromatic N) is 2. The molecule has 0 aliphatic carbocycles. The number of aromatic nitrogens is 2. The minimum absolute atomic E-state index is 0.00771. The van der Waals surface area contributed by atoms with E-state index in [9.17, 15) is 13.2 Å². The highest BCUT2D eigenvalue weighted by Gasteiger charge is 2.33. The lowest BCUT2D eigenvalue weighted by Crippen LogP contribution is -2.16. The first-order valence-corrected chi connectivity index (χ1v) is 6.80. The molecule has 0 amide bonds. The van der Waals surface area contributed by atoms with Gasteiger partial charge < -0.3 is 10.6 Å². The van der Waals surface area contributed by atoms with Crippen molar-refractivity contribution in [2.45, 2.75) is 39.8 Å². The monoisotopic (exact) mass is 290 g/mol. The Hall–Kier alpha value is -1.53. The van der Waals surface area contributed by atoms with Gasteiger partial charge in [0, 0.05) is 19.2 Å². The average molecular weight is 290 g/mol. The normalized spacial score (nSPS) is 13.1. The van der Waals surface area contributed by atoms with Crippen molar-refractivity contribution >= 4 is 11.8 Å². The molecule has 4 nitrogen and oxygen atoms in total. The molecule has 114 valence electrons. The van der Waals surface area contributed by atoms with E-state index in [1.807, 2.05) is 20.8 Å². The zero-order valence-electron chi connectivity index (χ0n) is 12.0. The van der Waals surface area contributed by atoms with Gasteiger partial charge in [-0.15, -0.1) is 0 Å².